The van der Waals surface area contributed by atoms with Gasteiger partial charge in [0.1, 0.15) is 0 Å². The van der Waals surface area contributed by atoms with E-state index in [9.17, 15) is 9.59 Å². The minimum absolute atomic E-state index is 0.00810. The van der Waals surface area contributed by atoms with Crippen LogP contribution in [0.3, 0.4) is 0 Å². The lowest BCUT2D eigenvalue weighted by Gasteiger charge is -2.32. The molecule has 0 radical (unpaired) electrons. The zero-order chi connectivity index (χ0) is 15.4. The van der Waals surface area contributed by atoms with Crippen LogP contribution in [0.5, 0.6) is 0 Å². The van der Waals surface area contributed by atoms with Gasteiger partial charge in [0.25, 0.3) is 0 Å². The fourth-order valence-corrected chi connectivity index (χ4v) is 2.45. The zero-order valence-corrected chi connectivity index (χ0v) is 12.8. The Hall–Kier alpha value is -2.05. The highest BCUT2D eigenvalue weighted by atomic mass is 16.2. The number of piperidine rings is 1. The molecule has 1 aliphatic heterocycles. The van der Waals surface area contributed by atoms with Gasteiger partial charge in [-0.25, -0.2) is 4.79 Å². The van der Waals surface area contributed by atoms with Crippen LogP contribution in [0.25, 0.3) is 0 Å². The summed E-state index contributed by atoms with van der Waals surface area (Å²) in [6.07, 6.45) is 2.24. The number of carbonyl (C=O) groups excluding carboxylic acids is 2. The fraction of sp³-hybridized carbons (Fsp3) is 0.643. The van der Waals surface area contributed by atoms with Crippen LogP contribution >= 0.6 is 0 Å². The number of aromatic amines is 1. The lowest BCUT2D eigenvalue weighted by Crippen LogP contribution is -2.45. The van der Waals surface area contributed by atoms with E-state index in [1.807, 2.05) is 13.0 Å². The second-order valence-corrected chi connectivity index (χ2v) is 5.56. The monoisotopic (exact) mass is 293 g/mol. The maximum absolute atomic E-state index is 12.2. The lowest BCUT2D eigenvalue weighted by atomic mass is 9.96. The Morgan fingerprint density at radius 3 is 2.62 bits per heavy atom. The molecule has 1 aromatic rings. The summed E-state index contributed by atoms with van der Waals surface area (Å²) in [6.45, 7) is 3.27. The van der Waals surface area contributed by atoms with Gasteiger partial charge in [0.05, 0.1) is 0 Å². The molecule has 7 heteroatoms. The van der Waals surface area contributed by atoms with Gasteiger partial charge in [-0.3, -0.25) is 9.89 Å². The van der Waals surface area contributed by atoms with Crippen molar-refractivity contribution in [2.75, 3.05) is 32.5 Å². The highest BCUT2D eigenvalue weighted by Crippen LogP contribution is 2.20. The zero-order valence-electron chi connectivity index (χ0n) is 12.8. The average molecular weight is 293 g/mol. The van der Waals surface area contributed by atoms with Crippen molar-refractivity contribution in [3.8, 4) is 0 Å². The third-order valence-corrected chi connectivity index (χ3v) is 3.78. The van der Waals surface area contributed by atoms with Crippen LogP contribution in [-0.4, -0.2) is 59.1 Å². The van der Waals surface area contributed by atoms with Crippen LogP contribution in [0.2, 0.25) is 0 Å². The Labute approximate surface area is 124 Å². The van der Waals surface area contributed by atoms with Crippen molar-refractivity contribution >= 4 is 17.8 Å². The number of anilines is 1. The number of aromatic nitrogens is 2. The molecule has 2 rings (SSSR count). The predicted molar refractivity (Wildman–Crippen MR) is 80.0 cm³/mol. The van der Waals surface area contributed by atoms with E-state index in [1.165, 1.54) is 0 Å². The summed E-state index contributed by atoms with van der Waals surface area (Å²) in [6, 6.07) is 1.86. The molecular formula is C14H23N5O2. The molecule has 7 nitrogen and oxygen atoms in total. The number of likely N-dealkylation sites (tertiary alicyclic amines) is 1. The van der Waals surface area contributed by atoms with Crippen LogP contribution in [0, 0.1) is 5.92 Å². The Morgan fingerprint density at radius 1 is 1.43 bits per heavy atom. The van der Waals surface area contributed by atoms with E-state index in [1.54, 1.807) is 23.9 Å². The molecule has 3 amide bonds. The molecule has 2 N–H and O–H groups in total. The molecule has 0 spiro atoms. The summed E-state index contributed by atoms with van der Waals surface area (Å²) in [5, 5.41) is 9.77. The number of nitrogens with zero attached hydrogens (tertiary/aromatic N) is 3. The minimum Gasteiger partial charge on any atom is -0.331 e. The Morgan fingerprint density at radius 2 is 2.10 bits per heavy atom. The number of hydrogen-bond donors (Lipinski definition) is 2. The van der Waals surface area contributed by atoms with Crippen LogP contribution in [0.15, 0.2) is 6.07 Å². The van der Waals surface area contributed by atoms with E-state index in [-0.39, 0.29) is 17.9 Å². The number of amides is 3. The van der Waals surface area contributed by atoms with E-state index in [0.29, 0.717) is 31.7 Å². The highest BCUT2D eigenvalue weighted by Gasteiger charge is 2.28. The van der Waals surface area contributed by atoms with Gasteiger partial charge >= 0.3 is 6.03 Å². The number of rotatable bonds is 3. The average Bonchev–Trinajstić information content (AvgIpc) is 2.94. The normalized spacial score (nSPS) is 15.9. The third-order valence-electron chi connectivity index (χ3n) is 3.78. The minimum atomic E-state index is -0.0574. The highest BCUT2D eigenvalue weighted by molar-refractivity contribution is 5.91. The number of urea groups is 1. The molecule has 0 aromatic carbocycles. The maximum atomic E-state index is 12.2. The van der Waals surface area contributed by atoms with Gasteiger partial charge in [-0.1, -0.05) is 6.92 Å². The van der Waals surface area contributed by atoms with Gasteiger partial charge in [0.15, 0.2) is 5.82 Å². The number of carbonyl (C=O) groups is 2. The van der Waals surface area contributed by atoms with Crippen molar-refractivity contribution in [3.63, 3.8) is 0 Å². The van der Waals surface area contributed by atoms with Gasteiger partial charge in [-0.05, 0) is 19.3 Å². The van der Waals surface area contributed by atoms with E-state index in [4.69, 9.17) is 0 Å². The predicted octanol–water partition coefficient (Wildman–Crippen LogP) is 1.30. The summed E-state index contributed by atoms with van der Waals surface area (Å²) in [7, 11) is 3.48. The SMILES string of the molecule is CCc1cc(NC(=O)C2CCN(C(=O)N(C)C)CC2)n[nH]1. The van der Waals surface area contributed by atoms with Gasteiger partial charge in [0.2, 0.25) is 5.91 Å². The molecule has 0 saturated carbocycles. The standard InChI is InChI=1S/C14H23N5O2/c1-4-11-9-12(17-16-11)15-13(20)10-5-7-19(8-6-10)14(21)18(2)3/h9-10H,4-8H2,1-3H3,(H2,15,16,17,20). The Bertz CT molecular complexity index is 503. The third kappa shape index (κ3) is 3.74. The van der Waals surface area contributed by atoms with Crippen LogP contribution in [-0.2, 0) is 11.2 Å². The fourth-order valence-electron chi connectivity index (χ4n) is 2.45. The van der Waals surface area contributed by atoms with Crippen molar-refractivity contribution in [3.05, 3.63) is 11.8 Å². The number of nitrogens with one attached hydrogen (secondary N) is 2. The van der Waals surface area contributed by atoms with Crippen molar-refractivity contribution in [1.29, 1.82) is 0 Å². The molecule has 21 heavy (non-hydrogen) atoms. The van der Waals surface area contributed by atoms with Gasteiger partial charge in [-0.15, -0.1) is 0 Å². The Kier molecular flexibility index (Phi) is 4.82. The number of aryl methyl sites for hydroxylation is 1. The summed E-state index contributed by atoms with van der Waals surface area (Å²) < 4.78 is 0. The largest absolute Gasteiger partial charge is 0.331 e. The van der Waals surface area contributed by atoms with E-state index in [0.717, 1.165) is 12.1 Å². The summed E-state index contributed by atoms with van der Waals surface area (Å²) in [5.74, 6) is 0.503. The van der Waals surface area contributed by atoms with E-state index >= 15 is 0 Å². The second-order valence-electron chi connectivity index (χ2n) is 5.56. The molecule has 1 aromatic heterocycles. The first-order valence-corrected chi connectivity index (χ1v) is 7.32. The first-order chi connectivity index (χ1) is 10.0. The molecule has 1 fully saturated rings. The second kappa shape index (κ2) is 6.60. The van der Waals surface area contributed by atoms with Crippen molar-refractivity contribution in [1.82, 2.24) is 20.0 Å². The van der Waals surface area contributed by atoms with Crippen molar-refractivity contribution in [2.45, 2.75) is 26.2 Å². The van der Waals surface area contributed by atoms with Crippen molar-refractivity contribution < 1.29 is 9.59 Å². The molecule has 1 aliphatic rings. The first kappa shape index (κ1) is 15.3. The van der Waals surface area contributed by atoms with Gasteiger partial charge < -0.3 is 15.1 Å². The smallest absolute Gasteiger partial charge is 0.319 e. The van der Waals surface area contributed by atoms with Crippen LogP contribution in [0.4, 0.5) is 10.6 Å². The molecule has 0 aliphatic carbocycles. The van der Waals surface area contributed by atoms with Crippen LogP contribution < -0.4 is 5.32 Å². The Balaban J connectivity index is 1.84. The lowest BCUT2D eigenvalue weighted by molar-refractivity contribution is -0.121. The summed E-state index contributed by atoms with van der Waals surface area (Å²) in [5.41, 5.74) is 0.997. The molecule has 0 atom stereocenters. The molecule has 0 unspecified atom stereocenters. The van der Waals surface area contributed by atoms with E-state index in [2.05, 4.69) is 15.5 Å². The summed E-state index contributed by atoms with van der Waals surface area (Å²) in [4.78, 5) is 27.4. The number of hydrogen-bond acceptors (Lipinski definition) is 3. The molecule has 2 heterocycles. The van der Waals surface area contributed by atoms with E-state index < -0.39 is 0 Å². The quantitative estimate of drug-likeness (QED) is 0.881. The summed E-state index contributed by atoms with van der Waals surface area (Å²) >= 11 is 0. The molecule has 0 bridgehead atoms. The van der Waals surface area contributed by atoms with Crippen molar-refractivity contribution in [2.24, 2.45) is 5.92 Å². The maximum Gasteiger partial charge on any atom is 0.319 e. The number of H-pyrrole nitrogens is 1. The molecule has 116 valence electrons. The van der Waals surface area contributed by atoms with Crippen LogP contribution in [0.1, 0.15) is 25.5 Å². The first-order valence-electron chi connectivity index (χ1n) is 7.32. The molecular weight excluding hydrogens is 270 g/mol. The molecule has 1 saturated heterocycles. The topological polar surface area (TPSA) is 81.3 Å². The van der Waals surface area contributed by atoms with Gasteiger partial charge in [0, 0.05) is 44.9 Å². The van der Waals surface area contributed by atoms with Gasteiger partial charge in [-0.2, -0.15) is 5.10 Å².